The van der Waals surface area contributed by atoms with Gasteiger partial charge in [0.1, 0.15) is 17.3 Å². The summed E-state index contributed by atoms with van der Waals surface area (Å²) >= 11 is 0. The van der Waals surface area contributed by atoms with Crippen LogP contribution in [0.25, 0.3) is 10.9 Å². The number of halogens is 2. The predicted octanol–water partition coefficient (Wildman–Crippen LogP) is 5.46. The summed E-state index contributed by atoms with van der Waals surface area (Å²) in [5.41, 5.74) is 2.49. The molecule has 0 bridgehead atoms. The lowest BCUT2D eigenvalue weighted by molar-refractivity contribution is 0.0783. The molecule has 1 aliphatic rings. The molecule has 0 radical (unpaired) electrons. The van der Waals surface area contributed by atoms with Crippen LogP contribution in [0, 0.1) is 11.6 Å². The van der Waals surface area contributed by atoms with Gasteiger partial charge in [-0.05, 0) is 66.9 Å². The number of aromatic nitrogens is 1. The maximum absolute atomic E-state index is 14.0. The minimum Gasteiger partial charge on any atom is -0.337 e. The van der Waals surface area contributed by atoms with Gasteiger partial charge in [0, 0.05) is 36.2 Å². The van der Waals surface area contributed by atoms with Gasteiger partial charge in [-0.3, -0.25) is 9.59 Å². The molecular weight excluding hydrogens is 436 g/mol. The second kappa shape index (κ2) is 9.09. The number of anilines is 1. The van der Waals surface area contributed by atoms with E-state index in [4.69, 9.17) is 0 Å². The van der Waals surface area contributed by atoms with E-state index in [1.165, 1.54) is 30.3 Å². The summed E-state index contributed by atoms with van der Waals surface area (Å²) in [5, 5.41) is 3.48. The number of benzene rings is 3. The topological polar surface area (TPSA) is 54.3 Å². The SMILES string of the molecule is O=C(Nc1ccc2c(c1)cc(C(=O)N1CCCC1)n2Cc1cccc(F)c1)c1ccccc1F. The molecule has 0 aliphatic carbocycles. The van der Waals surface area contributed by atoms with Crippen LogP contribution in [0.3, 0.4) is 0 Å². The second-order valence-corrected chi connectivity index (χ2v) is 8.45. The third-order valence-corrected chi connectivity index (χ3v) is 6.12. The number of likely N-dealkylation sites (tertiary alicyclic amines) is 1. The van der Waals surface area contributed by atoms with Crippen LogP contribution in [0.15, 0.2) is 72.8 Å². The summed E-state index contributed by atoms with van der Waals surface area (Å²) in [4.78, 5) is 27.7. The number of nitrogens with one attached hydrogen (secondary N) is 1. The van der Waals surface area contributed by atoms with Crippen molar-refractivity contribution in [3.63, 3.8) is 0 Å². The van der Waals surface area contributed by atoms with Crippen molar-refractivity contribution in [3.8, 4) is 0 Å². The van der Waals surface area contributed by atoms with Crippen molar-refractivity contribution in [2.24, 2.45) is 0 Å². The van der Waals surface area contributed by atoms with Crippen LogP contribution in [0.5, 0.6) is 0 Å². The van der Waals surface area contributed by atoms with Crippen LogP contribution in [-0.4, -0.2) is 34.4 Å². The smallest absolute Gasteiger partial charge is 0.270 e. The lowest BCUT2D eigenvalue weighted by Crippen LogP contribution is -2.29. The van der Waals surface area contributed by atoms with Gasteiger partial charge in [-0.15, -0.1) is 0 Å². The largest absolute Gasteiger partial charge is 0.337 e. The Hall–Kier alpha value is -4.00. The molecule has 0 atom stereocenters. The molecule has 0 saturated carbocycles. The minimum absolute atomic E-state index is 0.0452. The highest BCUT2D eigenvalue weighted by atomic mass is 19.1. The van der Waals surface area contributed by atoms with E-state index < -0.39 is 11.7 Å². The molecule has 34 heavy (non-hydrogen) atoms. The monoisotopic (exact) mass is 459 g/mol. The maximum Gasteiger partial charge on any atom is 0.270 e. The number of nitrogens with zero attached hydrogens (tertiary/aromatic N) is 2. The molecule has 0 unspecified atom stereocenters. The third kappa shape index (κ3) is 4.29. The molecule has 1 aromatic heterocycles. The van der Waals surface area contributed by atoms with Crippen LogP contribution in [0.4, 0.5) is 14.5 Å². The van der Waals surface area contributed by atoms with Crippen LogP contribution in [0.1, 0.15) is 39.3 Å². The van der Waals surface area contributed by atoms with Gasteiger partial charge >= 0.3 is 0 Å². The van der Waals surface area contributed by atoms with Crippen molar-refractivity contribution in [3.05, 3.63) is 101 Å². The molecule has 2 amide bonds. The average molecular weight is 459 g/mol. The van der Waals surface area contributed by atoms with Gasteiger partial charge in [0.25, 0.3) is 11.8 Å². The zero-order chi connectivity index (χ0) is 23.7. The zero-order valence-electron chi connectivity index (χ0n) is 18.4. The fourth-order valence-electron chi connectivity index (χ4n) is 4.44. The number of fused-ring (bicyclic) bond motifs is 1. The van der Waals surface area contributed by atoms with Gasteiger partial charge in [0.05, 0.1) is 5.56 Å². The number of rotatable bonds is 5. The molecule has 2 heterocycles. The normalized spacial score (nSPS) is 13.4. The third-order valence-electron chi connectivity index (χ3n) is 6.12. The van der Waals surface area contributed by atoms with Crippen LogP contribution < -0.4 is 5.32 Å². The number of carbonyl (C=O) groups excluding carboxylic acids is 2. The van der Waals surface area contributed by atoms with E-state index in [-0.39, 0.29) is 17.3 Å². The Bertz CT molecular complexity index is 1390. The van der Waals surface area contributed by atoms with Crippen LogP contribution in [0.2, 0.25) is 0 Å². The first kappa shape index (κ1) is 21.8. The molecule has 1 aliphatic heterocycles. The molecule has 5 rings (SSSR count). The summed E-state index contributed by atoms with van der Waals surface area (Å²) in [6.45, 7) is 1.76. The van der Waals surface area contributed by atoms with Crippen LogP contribution >= 0.6 is 0 Å². The number of hydrogen-bond acceptors (Lipinski definition) is 2. The minimum atomic E-state index is -0.596. The standard InChI is InChI=1S/C27H23F2N3O2/c28-20-7-5-6-18(14-20)17-32-24-11-10-21(30-26(33)22-8-1-2-9-23(22)29)15-19(24)16-25(32)27(34)31-12-3-4-13-31/h1-2,5-11,14-16H,3-4,12-13,17H2,(H,30,33). The molecular formula is C27H23F2N3O2. The Kier molecular flexibility index (Phi) is 5.84. The van der Waals surface area contributed by atoms with Crippen molar-refractivity contribution in [2.45, 2.75) is 19.4 Å². The maximum atomic E-state index is 14.0. The summed E-state index contributed by atoms with van der Waals surface area (Å²) in [5.74, 6) is -1.55. The Morgan fingerprint density at radius 2 is 1.68 bits per heavy atom. The Balaban J connectivity index is 1.52. The van der Waals surface area contributed by atoms with Crippen molar-refractivity contribution >= 4 is 28.4 Å². The highest BCUT2D eigenvalue weighted by Crippen LogP contribution is 2.27. The van der Waals surface area contributed by atoms with E-state index in [9.17, 15) is 18.4 Å². The van der Waals surface area contributed by atoms with E-state index >= 15 is 0 Å². The van der Waals surface area contributed by atoms with Crippen molar-refractivity contribution in [1.82, 2.24) is 9.47 Å². The summed E-state index contributed by atoms with van der Waals surface area (Å²) in [6, 6.07) is 19.2. The van der Waals surface area contributed by atoms with E-state index in [0.717, 1.165) is 29.3 Å². The highest BCUT2D eigenvalue weighted by molar-refractivity contribution is 6.06. The summed E-state index contributed by atoms with van der Waals surface area (Å²) in [6.07, 6.45) is 1.95. The quantitative estimate of drug-likeness (QED) is 0.431. The first-order chi connectivity index (χ1) is 16.5. The van der Waals surface area contributed by atoms with E-state index in [2.05, 4.69) is 5.32 Å². The van der Waals surface area contributed by atoms with E-state index in [0.29, 0.717) is 31.0 Å². The summed E-state index contributed by atoms with van der Waals surface area (Å²) < 4.78 is 29.7. The lowest BCUT2D eigenvalue weighted by atomic mass is 10.1. The first-order valence-electron chi connectivity index (χ1n) is 11.2. The summed E-state index contributed by atoms with van der Waals surface area (Å²) in [7, 11) is 0. The number of amides is 2. The molecule has 1 N–H and O–H groups in total. The fraction of sp³-hybridized carbons (Fsp3) is 0.185. The van der Waals surface area contributed by atoms with Gasteiger partial charge < -0.3 is 14.8 Å². The molecule has 7 heteroatoms. The molecule has 172 valence electrons. The van der Waals surface area contributed by atoms with Crippen molar-refractivity contribution in [1.29, 1.82) is 0 Å². The molecule has 1 saturated heterocycles. The van der Waals surface area contributed by atoms with Gasteiger partial charge in [0.15, 0.2) is 0 Å². The second-order valence-electron chi connectivity index (χ2n) is 8.45. The predicted molar refractivity (Wildman–Crippen MR) is 127 cm³/mol. The van der Waals surface area contributed by atoms with Crippen molar-refractivity contribution < 1.29 is 18.4 Å². The highest BCUT2D eigenvalue weighted by Gasteiger charge is 2.24. The molecule has 4 aromatic rings. The molecule has 3 aromatic carbocycles. The fourth-order valence-corrected chi connectivity index (χ4v) is 4.44. The average Bonchev–Trinajstić information content (AvgIpc) is 3.48. The zero-order valence-corrected chi connectivity index (χ0v) is 18.4. The Morgan fingerprint density at radius 3 is 2.44 bits per heavy atom. The number of hydrogen-bond donors (Lipinski definition) is 1. The van der Waals surface area contributed by atoms with Crippen molar-refractivity contribution in [2.75, 3.05) is 18.4 Å². The number of carbonyl (C=O) groups is 2. The van der Waals surface area contributed by atoms with Gasteiger partial charge in [0.2, 0.25) is 0 Å². The van der Waals surface area contributed by atoms with Crippen LogP contribution in [-0.2, 0) is 6.54 Å². The van der Waals surface area contributed by atoms with E-state index in [1.807, 2.05) is 21.6 Å². The van der Waals surface area contributed by atoms with Gasteiger partial charge in [-0.1, -0.05) is 24.3 Å². The Labute approximate surface area is 195 Å². The van der Waals surface area contributed by atoms with E-state index in [1.54, 1.807) is 30.3 Å². The Morgan fingerprint density at radius 1 is 0.882 bits per heavy atom. The molecule has 5 nitrogen and oxygen atoms in total. The lowest BCUT2D eigenvalue weighted by Gasteiger charge is -2.17. The first-order valence-corrected chi connectivity index (χ1v) is 11.2. The van der Waals surface area contributed by atoms with Gasteiger partial charge in [-0.25, -0.2) is 8.78 Å². The molecule has 1 fully saturated rings. The van der Waals surface area contributed by atoms with Gasteiger partial charge in [-0.2, -0.15) is 0 Å². The molecule has 0 spiro atoms.